The van der Waals surface area contributed by atoms with Gasteiger partial charge in [-0.1, -0.05) is 50.7 Å². The van der Waals surface area contributed by atoms with E-state index in [4.69, 9.17) is 0 Å². The average Bonchev–Trinajstić information content (AvgIpc) is 2.40. The van der Waals surface area contributed by atoms with Gasteiger partial charge in [-0.25, -0.2) is 0 Å². The van der Waals surface area contributed by atoms with Crippen LogP contribution in [0.15, 0.2) is 63.4 Å². The Morgan fingerprint density at radius 1 is 1.15 bits per heavy atom. The predicted octanol–water partition coefficient (Wildman–Crippen LogP) is 4.55. The molecular weight excluding hydrogens is 266 g/mol. The zero-order valence-corrected chi connectivity index (χ0v) is 12.8. The molecule has 2 aromatic rings. The summed E-state index contributed by atoms with van der Waals surface area (Å²) in [6.45, 7) is 6.48. The molecule has 0 saturated carbocycles. The zero-order valence-electron chi connectivity index (χ0n) is 12.0. The van der Waals surface area contributed by atoms with Crippen LogP contribution < -0.4 is 5.43 Å². The number of allylic oxidation sites excluding steroid dienone is 1. The van der Waals surface area contributed by atoms with Crippen LogP contribution in [0.25, 0.3) is 6.08 Å². The number of aromatic amines is 1. The minimum absolute atomic E-state index is 0.0111. The first-order valence-corrected chi connectivity index (χ1v) is 7.40. The van der Waals surface area contributed by atoms with Crippen molar-refractivity contribution in [1.82, 2.24) is 4.98 Å². The number of nitrogens with one attached hydrogen (secondary N) is 1. The number of rotatable bonds is 3. The molecule has 0 atom stereocenters. The Morgan fingerprint density at radius 3 is 2.45 bits per heavy atom. The molecule has 0 amide bonds. The highest BCUT2D eigenvalue weighted by Gasteiger charge is 2.18. The van der Waals surface area contributed by atoms with Gasteiger partial charge in [0.25, 0.3) is 0 Å². The maximum Gasteiger partial charge on any atom is 0.188 e. The van der Waals surface area contributed by atoms with Crippen LogP contribution in [0.4, 0.5) is 0 Å². The number of H-pyrrole nitrogens is 1. The highest BCUT2D eigenvalue weighted by Crippen LogP contribution is 2.39. The lowest BCUT2D eigenvalue weighted by molar-refractivity contribution is 0.536. The van der Waals surface area contributed by atoms with Crippen molar-refractivity contribution >= 4 is 17.8 Å². The third kappa shape index (κ3) is 3.87. The van der Waals surface area contributed by atoms with Crippen LogP contribution in [0.3, 0.4) is 0 Å². The highest BCUT2D eigenvalue weighted by atomic mass is 32.2. The van der Waals surface area contributed by atoms with Crippen LogP contribution in [0.1, 0.15) is 26.3 Å². The van der Waals surface area contributed by atoms with Gasteiger partial charge in [0.1, 0.15) is 0 Å². The summed E-state index contributed by atoms with van der Waals surface area (Å²) in [6, 6.07) is 11.8. The van der Waals surface area contributed by atoms with Crippen molar-refractivity contribution in [3.63, 3.8) is 0 Å². The Morgan fingerprint density at radius 2 is 1.85 bits per heavy atom. The summed E-state index contributed by atoms with van der Waals surface area (Å²) < 4.78 is 0. The third-order valence-electron chi connectivity index (χ3n) is 2.85. The third-order valence-corrected chi connectivity index (χ3v) is 4.31. The molecule has 1 heterocycles. The van der Waals surface area contributed by atoms with E-state index in [0.717, 1.165) is 0 Å². The van der Waals surface area contributed by atoms with Crippen LogP contribution in [-0.4, -0.2) is 4.98 Å². The lowest BCUT2D eigenvalue weighted by atomic mass is 9.95. The molecule has 0 aliphatic carbocycles. The summed E-state index contributed by atoms with van der Waals surface area (Å²) in [5.74, 6) is 0. The normalized spacial score (nSPS) is 12.4. The van der Waals surface area contributed by atoms with E-state index in [-0.39, 0.29) is 10.8 Å². The van der Waals surface area contributed by atoms with Gasteiger partial charge < -0.3 is 4.98 Å². The molecule has 3 heteroatoms. The van der Waals surface area contributed by atoms with Gasteiger partial charge >= 0.3 is 0 Å². The van der Waals surface area contributed by atoms with Crippen molar-refractivity contribution < 1.29 is 0 Å². The molecular formula is C17H19NOS. The smallest absolute Gasteiger partial charge is 0.188 e. The molecule has 0 fully saturated rings. The van der Waals surface area contributed by atoms with Crippen LogP contribution in [-0.2, 0) is 0 Å². The van der Waals surface area contributed by atoms with Gasteiger partial charge in [0.05, 0.1) is 0 Å². The van der Waals surface area contributed by atoms with E-state index in [9.17, 15) is 4.79 Å². The lowest BCUT2D eigenvalue weighted by Gasteiger charge is -2.22. The number of thioether (sulfide) groups is 1. The van der Waals surface area contributed by atoms with Crippen molar-refractivity contribution in [3.05, 3.63) is 69.5 Å². The molecule has 0 aliphatic rings. The number of hydrogen-bond donors (Lipinski definition) is 1. The van der Waals surface area contributed by atoms with E-state index in [1.807, 2.05) is 24.3 Å². The van der Waals surface area contributed by atoms with E-state index < -0.39 is 0 Å². The fourth-order valence-electron chi connectivity index (χ4n) is 1.70. The summed E-state index contributed by atoms with van der Waals surface area (Å²) in [7, 11) is 0. The molecule has 1 aromatic heterocycles. The van der Waals surface area contributed by atoms with E-state index in [0.29, 0.717) is 5.56 Å². The molecule has 20 heavy (non-hydrogen) atoms. The number of aromatic nitrogens is 1. The molecule has 0 unspecified atom stereocenters. The van der Waals surface area contributed by atoms with Gasteiger partial charge in [-0.3, -0.25) is 4.79 Å². The second-order valence-corrected chi connectivity index (χ2v) is 6.75. The van der Waals surface area contributed by atoms with Gasteiger partial charge in [0.15, 0.2) is 5.43 Å². The van der Waals surface area contributed by atoms with Crippen LogP contribution >= 0.6 is 11.8 Å². The topological polar surface area (TPSA) is 32.9 Å². The molecule has 1 aromatic carbocycles. The summed E-state index contributed by atoms with van der Waals surface area (Å²) in [4.78, 5) is 17.2. The quantitative estimate of drug-likeness (QED) is 0.839. The molecule has 1 N–H and O–H groups in total. The van der Waals surface area contributed by atoms with Crippen LogP contribution in [0.2, 0.25) is 0 Å². The largest absolute Gasteiger partial charge is 0.367 e. The SMILES string of the molecule is CC(C)(C)/C(=C\c1c[nH]ccc1=O)Sc1ccccc1. The molecule has 0 aliphatic heterocycles. The molecule has 0 spiro atoms. The Bertz CT molecular complexity index is 650. The summed E-state index contributed by atoms with van der Waals surface area (Å²) in [6.07, 6.45) is 5.39. The van der Waals surface area contributed by atoms with E-state index in [2.05, 4.69) is 37.9 Å². The summed E-state index contributed by atoms with van der Waals surface area (Å²) in [5, 5.41) is 0. The van der Waals surface area contributed by atoms with Crippen molar-refractivity contribution in [1.29, 1.82) is 0 Å². The first kappa shape index (κ1) is 14.7. The first-order chi connectivity index (χ1) is 9.47. The predicted molar refractivity (Wildman–Crippen MR) is 86.8 cm³/mol. The Kier molecular flexibility index (Phi) is 4.50. The van der Waals surface area contributed by atoms with E-state index in [1.165, 1.54) is 9.80 Å². The Hall–Kier alpha value is -1.74. The van der Waals surface area contributed by atoms with Gasteiger partial charge in [0.2, 0.25) is 0 Å². The van der Waals surface area contributed by atoms with Gasteiger partial charge in [-0.2, -0.15) is 0 Å². The van der Waals surface area contributed by atoms with E-state index >= 15 is 0 Å². The Balaban J connectivity index is 2.39. The average molecular weight is 285 g/mol. The Labute approximate surface area is 123 Å². The number of hydrogen-bond acceptors (Lipinski definition) is 2. The van der Waals surface area contributed by atoms with Gasteiger partial charge in [-0.15, -0.1) is 0 Å². The standard InChI is InChI=1S/C17H19NOS/c1-17(2,3)16(20-14-7-5-4-6-8-14)11-13-12-18-10-9-15(13)19/h4-12H,1-3H3,(H,18,19)/b16-11+. The molecule has 0 bridgehead atoms. The molecule has 0 saturated heterocycles. The fourth-order valence-corrected chi connectivity index (χ4v) is 2.74. The first-order valence-electron chi connectivity index (χ1n) is 6.59. The van der Waals surface area contributed by atoms with Crippen molar-refractivity contribution in [3.8, 4) is 0 Å². The fraction of sp³-hybridized carbons (Fsp3) is 0.235. The van der Waals surface area contributed by atoms with Gasteiger partial charge in [0, 0.05) is 28.9 Å². The van der Waals surface area contributed by atoms with Gasteiger partial charge in [-0.05, 0) is 28.5 Å². The number of benzene rings is 1. The maximum absolute atomic E-state index is 11.9. The number of pyridine rings is 1. The van der Waals surface area contributed by atoms with Crippen LogP contribution in [0, 0.1) is 5.41 Å². The van der Waals surface area contributed by atoms with Crippen LogP contribution in [0.5, 0.6) is 0 Å². The molecule has 104 valence electrons. The zero-order chi connectivity index (χ0) is 14.6. The molecule has 2 rings (SSSR count). The minimum atomic E-state index is -0.0111. The van der Waals surface area contributed by atoms with Crippen molar-refractivity contribution in [2.45, 2.75) is 25.7 Å². The highest BCUT2D eigenvalue weighted by molar-refractivity contribution is 8.03. The monoisotopic (exact) mass is 285 g/mol. The summed E-state index contributed by atoms with van der Waals surface area (Å²) in [5.41, 5.74) is 0.725. The lowest BCUT2D eigenvalue weighted by Crippen LogP contribution is -2.09. The van der Waals surface area contributed by atoms with Crippen molar-refractivity contribution in [2.24, 2.45) is 5.41 Å². The minimum Gasteiger partial charge on any atom is -0.367 e. The summed E-state index contributed by atoms with van der Waals surface area (Å²) >= 11 is 1.71. The maximum atomic E-state index is 11.9. The molecule has 0 radical (unpaired) electrons. The van der Waals surface area contributed by atoms with E-state index in [1.54, 1.807) is 30.2 Å². The second-order valence-electron chi connectivity index (χ2n) is 5.64. The van der Waals surface area contributed by atoms with Crippen molar-refractivity contribution in [2.75, 3.05) is 0 Å². The molecule has 2 nitrogen and oxygen atoms in total. The second kappa shape index (κ2) is 6.14.